The van der Waals surface area contributed by atoms with Gasteiger partial charge in [-0.2, -0.15) is 0 Å². The largest absolute Gasteiger partial charge is 0.478 e. The molecular weight excluding hydrogens is 257 g/mol. The van der Waals surface area contributed by atoms with Crippen LogP contribution in [0, 0.1) is 0 Å². The van der Waals surface area contributed by atoms with Crippen molar-refractivity contribution in [2.45, 2.75) is 12.3 Å². The number of hydrogen-bond acceptors (Lipinski definition) is 2. The van der Waals surface area contributed by atoms with Crippen LogP contribution in [0.15, 0.2) is 54.6 Å². The maximum absolute atomic E-state index is 10.7. The van der Waals surface area contributed by atoms with Crippen LogP contribution in [0.4, 0.5) is 0 Å². The Hall–Kier alpha value is -1.70. The Morgan fingerprint density at radius 1 is 1.11 bits per heavy atom. The standard InChI is InChI=1S/C15H16NO2P/c17-15(18)13-8-6-11(7-9-13)10-16-14(19)12-4-2-1-3-5-12/h1-9,14,16H,10,19H2,(H,17,18). The second-order valence-electron chi connectivity index (χ2n) is 4.27. The molecule has 0 amide bonds. The van der Waals surface area contributed by atoms with E-state index in [-0.39, 0.29) is 5.78 Å². The van der Waals surface area contributed by atoms with Crippen molar-refractivity contribution >= 4 is 15.2 Å². The van der Waals surface area contributed by atoms with Gasteiger partial charge in [0.05, 0.1) is 5.56 Å². The molecule has 0 saturated carbocycles. The zero-order valence-corrected chi connectivity index (χ0v) is 11.6. The van der Waals surface area contributed by atoms with Crippen molar-refractivity contribution in [2.24, 2.45) is 0 Å². The first-order valence-corrected chi connectivity index (χ1v) is 6.69. The third kappa shape index (κ3) is 3.88. The van der Waals surface area contributed by atoms with Gasteiger partial charge in [-0.25, -0.2) is 4.79 Å². The van der Waals surface area contributed by atoms with Gasteiger partial charge in [0, 0.05) is 12.3 Å². The van der Waals surface area contributed by atoms with E-state index in [9.17, 15) is 4.79 Å². The lowest BCUT2D eigenvalue weighted by Gasteiger charge is -2.14. The van der Waals surface area contributed by atoms with Gasteiger partial charge in [0.2, 0.25) is 0 Å². The summed E-state index contributed by atoms with van der Waals surface area (Å²) in [5.74, 6) is -0.715. The summed E-state index contributed by atoms with van der Waals surface area (Å²) in [4.78, 5) is 10.7. The molecule has 2 unspecified atom stereocenters. The maximum Gasteiger partial charge on any atom is 0.335 e. The summed E-state index contributed by atoms with van der Waals surface area (Å²) in [7, 11) is 2.76. The van der Waals surface area contributed by atoms with Crippen LogP contribution in [0.2, 0.25) is 0 Å². The van der Waals surface area contributed by atoms with Crippen LogP contribution in [0.3, 0.4) is 0 Å². The van der Waals surface area contributed by atoms with Crippen molar-refractivity contribution in [1.82, 2.24) is 5.32 Å². The molecule has 0 bridgehead atoms. The second kappa shape index (κ2) is 6.46. The van der Waals surface area contributed by atoms with E-state index in [0.29, 0.717) is 12.1 Å². The van der Waals surface area contributed by atoms with E-state index < -0.39 is 5.97 Å². The molecule has 0 spiro atoms. The van der Waals surface area contributed by atoms with Crippen molar-refractivity contribution in [3.63, 3.8) is 0 Å². The molecule has 0 aliphatic heterocycles. The summed E-state index contributed by atoms with van der Waals surface area (Å²) in [5.41, 5.74) is 2.58. The summed E-state index contributed by atoms with van der Waals surface area (Å²) in [5, 5.41) is 12.2. The summed E-state index contributed by atoms with van der Waals surface area (Å²) >= 11 is 0. The molecule has 98 valence electrons. The van der Waals surface area contributed by atoms with Crippen LogP contribution in [0.25, 0.3) is 0 Å². The zero-order chi connectivity index (χ0) is 13.7. The smallest absolute Gasteiger partial charge is 0.335 e. The highest BCUT2D eigenvalue weighted by Gasteiger charge is 2.05. The first kappa shape index (κ1) is 13.7. The molecule has 2 atom stereocenters. The molecule has 0 aliphatic carbocycles. The number of carboxylic acids is 1. The molecule has 19 heavy (non-hydrogen) atoms. The third-order valence-corrected chi connectivity index (χ3v) is 3.51. The zero-order valence-electron chi connectivity index (χ0n) is 10.4. The predicted octanol–water partition coefficient (Wildman–Crippen LogP) is 3.05. The highest BCUT2D eigenvalue weighted by atomic mass is 31.0. The Morgan fingerprint density at radius 2 is 1.74 bits per heavy atom. The minimum atomic E-state index is -0.896. The van der Waals surface area contributed by atoms with Crippen LogP contribution in [0.1, 0.15) is 27.3 Å². The Morgan fingerprint density at radius 3 is 2.32 bits per heavy atom. The number of hydrogen-bond donors (Lipinski definition) is 2. The van der Waals surface area contributed by atoms with Crippen molar-refractivity contribution < 1.29 is 9.90 Å². The molecule has 2 aromatic carbocycles. The SMILES string of the molecule is O=C(O)c1ccc(CNC(P)c2ccccc2)cc1. The fourth-order valence-corrected chi connectivity index (χ4v) is 2.11. The van der Waals surface area contributed by atoms with Gasteiger partial charge >= 0.3 is 5.97 Å². The number of carboxylic acid groups (broad SMARTS) is 1. The molecule has 0 heterocycles. The lowest BCUT2D eigenvalue weighted by Crippen LogP contribution is -2.15. The molecule has 2 N–H and O–H groups in total. The van der Waals surface area contributed by atoms with Gasteiger partial charge < -0.3 is 10.4 Å². The number of nitrogens with one attached hydrogen (secondary N) is 1. The van der Waals surface area contributed by atoms with Crippen molar-refractivity contribution in [2.75, 3.05) is 0 Å². The van der Waals surface area contributed by atoms with E-state index >= 15 is 0 Å². The molecule has 0 saturated heterocycles. The van der Waals surface area contributed by atoms with E-state index in [1.165, 1.54) is 5.56 Å². The molecular formula is C15H16NO2P. The highest BCUT2D eigenvalue weighted by Crippen LogP contribution is 2.19. The lowest BCUT2D eigenvalue weighted by atomic mass is 10.1. The minimum absolute atomic E-state index is 0.181. The third-order valence-electron chi connectivity index (χ3n) is 2.89. The van der Waals surface area contributed by atoms with Gasteiger partial charge in [0.25, 0.3) is 0 Å². The quantitative estimate of drug-likeness (QED) is 0.823. The van der Waals surface area contributed by atoms with Crippen molar-refractivity contribution in [3.05, 3.63) is 71.3 Å². The van der Waals surface area contributed by atoms with E-state index in [1.807, 2.05) is 30.3 Å². The fourth-order valence-electron chi connectivity index (χ4n) is 1.77. The van der Waals surface area contributed by atoms with E-state index in [0.717, 1.165) is 5.56 Å². The Labute approximate surface area is 114 Å². The number of carbonyl (C=O) groups is 1. The van der Waals surface area contributed by atoms with Crippen LogP contribution in [-0.4, -0.2) is 11.1 Å². The van der Waals surface area contributed by atoms with Crippen molar-refractivity contribution in [3.8, 4) is 0 Å². The molecule has 2 rings (SSSR count). The number of aromatic carboxylic acids is 1. The van der Waals surface area contributed by atoms with Crippen LogP contribution >= 0.6 is 9.24 Å². The first-order valence-electron chi connectivity index (χ1n) is 6.03. The van der Waals surface area contributed by atoms with Gasteiger partial charge in [-0.1, -0.05) is 42.5 Å². The average Bonchev–Trinajstić information content (AvgIpc) is 2.46. The normalized spacial score (nSPS) is 12.1. The van der Waals surface area contributed by atoms with Crippen molar-refractivity contribution in [1.29, 1.82) is 0 Å². The lowest BCUT2D eigenvalue weighted by molar-refractivity contribution is 0.0697. The molecule has 2 aromatic rings. The molecule has 0 radical (unpaired) electrons. The minimum Gasteiger partial charge on any atom is -0.478 e. The molecule has 0 aliphatic rings. The van der Waals surface area contributed by atoms with E-state index in [1.54, 1.807) is 12.1 Å². The van der Waals surface area contributed by atoms with Gasteiger partial charge in [0.1, 0.15) is 0 Å². The summed E-state index contributed by atoms with van der Waals surface area (Å²) < 4.78 is 0. The van der Waals surface area contributed by atoms with Crippen LogP contribution in [-0.2, 0) is 6.54 Å². The monoisotopic (exact) mass is 273 g/mol. The molecule has 0 aromatic heterocycles. The first-order chi connectivity index (χ1) is 9.16. The summed E-state index contributed by atoms with van der Waals surface area (Å²) in [6, 6.07) is 17.1. The second-order valence-corrected chi connectivity index (χ2v) is 4.94. The summed E-state index contributed by atoms with van der Waals surface area (Å²) in [6.45, 7) is 0.697. The summed E-state index contributed by atoms with van der Waals surface area (Å²) in [6.07, 6.45) is 0. The maximum atomic E-state index is 10.7. The van der Waals surface area contributed by atoms with Crippen LogP contribution in [0.5, 0.6) is 0 Å². The number of rotatable bonds is 5. The number of benzene rings is 2. The van der Waals surface area contributed by atoms with E-state index in [2.05, 4.69) is 26.7 Å². The van der Waals surface area contributed by atoms with Crippen LogP contribution < -0.4 is 5.32 Å². The fraction of sp³-hybridized carbons (Fsp3) is 0.133. The molecule has 3 nitrogen and oxygen atoms in total. The van der Waals surface area contributed by atoms with Gasteiger partial charge in [-0.05, 0) is 23.3 Å². The molecule has 4 heteroatoms. The van der Waals surface area contributed by atoms with Gasteiger partial charge in [-0.15, -0.1) is 9.24 Å². The topological polar surface area (TPSA) is 49.3 Å². The average molecular weight is 273 g/mol. The Bertz CT molecular complexity index is 540. The Kier molecular flexibility index (Phi) is 4.67. The van der Waals surface area contributed by atoms with Gasteiger partial charge in [0.15, 0.2) is 0 Å². The van der Waals surface area contributed by atoms with E-state index in [4.69, 9.17) is 5.11 Å². The Balaban J connectivity index is 1.93. The molecule has 0 fully saturated rings. The predicted molar refractivity (Wildman–Crippen MR) is 79.1 cm³/mol. The highest BCUT2D eigenvalue weighted by molar-refractivity contribution is 7.17. The van der Waals surface area contributed by atoms with Gasteiger partial charge in [-0.3, -0.25) is 0 Å².